The Labute approximate surface area is 155 Å². The largest absolute Gasteiger partial charge is 0.356 e. The summed E-state index contributed by atoms with van der Waals surface area (Å²) in [5, 5.41) is 0. The second kappa shape index (κ2) is 8.94. The quantitative estimate of drug-likeness (QED) is 0.621. The molecule has 0 aliphatic heterocycles. The molecule has 2 aromatic carbocycles. The average Bonchev–Trinajstić information content (AvgIpc) is 2.46. The lowest BCUT2D eigenvalue weighted by atomic mass is 10.0. The van der Waals surface area contributed by atoms with Crippen LogP contribution in [0.4, 0.5) is 11.4 Å². The van der Waals surface area contributed by atoms with Gasteiger partial charge in [-0.25, -0.2) is 0 Å². The Bertz CT molecular complexity index is 609. The van der Waals surface area contributed by atoms with E-state index in [1.54, 1.807) is 0 Å². The SMILES string of the molecule is CC.Cc1cc(C)c(N(C)CN(C)c2c(C)cc(C)cc2C)c(C)c1. The van der Waals surface area contributed by atoms with Crippen molar-refractivity contribution in [2.45, 2.75) is 55.4 Å². The highest BCUT2D eigenvalue weighted by Gasteiger charge is 2.14. The van der Waals surface area contributed by atoms with Crippen LogP contribution >= 0.6 is 0 Å². The summed E-state index contributed by atoms with van der Waals surface area (Å²) in [7, 11) is 4.36. The van der Waals surface area contributed by atoms with Gasteiger partial charge >= 0.3 is 0 Å². The van der Waals surface area contributed by atoms with E-state index < -0.39 is 0 Å². The van der Waals surface area contributed by atoms with Crippen molar-refractivity contribution in [2.75, 3.05) is 30.6 Å². The maximum absolute atomic E-state index is 2.35. The van der Waals surface area contributed by atoms with Gasteiger partial charge in [-0.1, -0.05) is 49.2 Å². The summed E-state index contributed by atoms with van der Waals surface area (Å²) in [5.41, 5.74) is 10.7. The molecule has 2 heteroatoms. The van der Waals surface area contributed by atoms with Crippen molar-refractivity contribution in [1.82, 2.24) is 0 Å². The van der Waals surface area contributed by atoms with Crippen LogP contribution in [0.5, 0.6) is 0 Å². The first-order valence-electron chi connectivity index (χ1n) is 9.28. The highest BCUT2D eigenvalue weighted by Crippen LogP contribution is 2.28. The zero-order valence-corrected chi connectivity index (χ0v) is 17.9. The number of aryl methyl sites for hydroxylation is 6. The van der Waals surface area contributed by atoms with Gasteiger partial charge in [-0.15, -0.1) is 0 Å². The molecule has 0 unspecified atom stereocenters. The zero-order chi connectivity index (χ0) is 19.3. The fourth-order valence-electron chi connectivity index (χ4n) is 4.01. The number of anilines is 2. The number of hydrogen-bond acceptors (Lipinski definition) is 2. The molecular formula is C23H36N2. The third-order valence-corrected chi connectivity index (χ3v) is 4.46. The van der Waals surface area contributed by atoms with Gasteiger partial charge in [0.1, 0.15) is 0 Å². The lowest BCUT2D eigenvalue weighted by molar-refractivity contribution is 0.842. The first-order chi connectivity index (χ1) is 11.7. The zero-order valence-electron chi connectivity index (χ0n) is 17.9. The maximum Gasteiger partial charge on any atom is 0.0897 e. The molecule has 0 fully saturated rings. The van der Waals surface area contributed by atoms with Crippen molar-refractivity contribution >= 4 is 11.4 Å². The van der Waals surface area contributed by atoms with Crippen molar-refractivity contribution < 1.29 is 0 Å². The third-order valence-electron chi connectivity index (χ3n) is 4.46. The highest BCUT2D eigenvalue weighted by atomic mass is 15.3. The van der Waals surface area contributed by atoms with Crippen molar-refractivity contribution in [1.29, 1.82) is 0 Å². The lowest BCUT2D eigenvalue weighted by Crippen LogP contribution is -2.34. The van der Waals surface area contributed by atoms with Gasteiger partial charge in [-0.05, 0) is 63.8 Å². The van der Waals surface area contributed by atoms with E-state index in [-0.39, 0.29) is 0 Å². The molecule has 0 aromatic heterocycles. The molecule has 0 amide bonds. The molecule has 0 saturated heterocycles. The number of nitrogens with zero attached hydrogens (tertiary/aromatic N) is 2. The molecular weight excluding hydrogens is 304 g/mol. The molecule has 138 valence electrons. The average molecular weight is 341 g/mol. The summed E-state index contributed by atoms with van der Waals surface area (Å²) < 4.78 is 0. The molecule has 0 atom stereocenters. The molecule has 0 radical (unpaired) electrons. The number of rotatable bonds is 4. The minimum absolute atomic E-state index is 0.871. The molecule has 2 nitrogen and oxygen atoms in total. The molecule has 0 aliphatic rings. The van der Waals surface area contributed by atoms with Crippen LogP contribution in [0, 0.1) is 41.5 Å². The van der Waals surface area contributed by atoms with Crippen LogP contribution < -0.4 is 9.80 Å². The second-order valence-corrected chi connectivity index (χ2v) is 7.03. The van der Waals surface area contributed by atoms with Crippen molar-refractivity contribution in [3.8, 4) is 0 Å². The fraction of sp³-hybridized carbons (Fsp3) is 0.478. The third kappa shape index (κ3) is 5.01. The minimum atomic E-state index is 0.871. The van der Waals surface area contributed by atoms with E-state index in [2.05, 4.69) is 89.7 Å². The highest BCUT2D eigenvalue weighted by molar-refractivity contribution is 5.63. The van der Waals surface area contributed by atoms with E-state index in [1.807, 2.05) is 13.8 Å². The summed E-state index contributed by atoms with van der Waals surface area (Å²) in [6, 6.07) is 9.06. The first-order valence-corrected chi connectivity index (χ1v) is 9.28. The van der Waals surface area contributed by atoms with E-state index in [1.165, 1.54) is 44.8 Å². The summed E-state index contributed by atoms with van der Waals surface area (Å²) in [6.07, 6.45) is 0. The van der Waals surface area contributed by atoms with Gasteiger partial charge in [0.25, 0.3) is 0 Å². The fourth-order valence-corrected chi connectivity index (χ4v) is 4.01. The van der Waals surface area contributed by atoms with Gasteiger partial charge < -0.3 is 9.80 Å². The van der Waals surface area contributed by atoms with Gasteiger partial charge in [0.2, 0.25) is 0 Å². The molecule has 0 bridgehead atoms. The van der Waals surface area contributed by atoms with E-state index in [0.29, 0.717) is 0 Å². The Morgan fingerprint density at radius 1 is 0.560 bits per heavy atom. The Morgan fingerprint density at radius 2 is 0.800 bits per heavy atom. The molecule has 2 rings (SSSR count). The van der Waals surface area contributed by atoms with Crippen molar-refractivity contribution in [2.24, 2.45) is 0 Å². The van der Waals surface area contributed by atoms with Crippen LogP contribution in [-0.2, 0) is 0 Å². The van der Waals surface area contributed by atoms with Crippen LogP contribution in [-0.4, -0.2) is 20.8 Å². The van der Waals surface area contributed by atoms with E-state index in [4.69, 9.17) is 0 Å². The molecule has 0 spiro atoms. The molecule has 25 heavy (non-hydrogen) atoms. The second-order valence-electron chi connectivity index (χ2n) is 7.03. The number of benzene rings is 2. The first kappa shape index (κ1) is 21.1. The molecule has 2 aromatic rings. The molecule has 0 N–H and O–H groups in total. The van der Waals surface area contributed by atoms with Gasteiger partial charge in [-0.2, -0.15) is 0 Å². The lowest BCUT2D eigenvalue weighted by Gasteiger charge is -2.32. The van der Waals surface area contributed by atoms with E-state index >= 15 is 0 Å². The Morgan fingerprint density at radius 3 is 1.04 bits per heavy atom. The predicted molar refractivity (Wildman–Crippen MR) is 114 cm³/mol. The van der Waals surface area contributed by atoms with Gasteiger partial charge in [-0.3, -0.25) is 0 Å². The normalized spacial score (nSPS) is 10.2. The van der Waals surface area contributed by atoms with Gasteiger partial charge in [0.15, 0.2) is 0 Å². The van der Waals surface area contributed by atoms with Gasteiger partial charge in [0, 0.05) is 25.5 Å². The summed E-state index contributed by atoms with van der Waals surface area (Å²) >= 11 is 0. The van der Waals surface area contributed by atoms with Crippen molar-refractivity contribution in [3.05, 3.63) is 57.6 Å². The van der Waals surface area contributed by atoms with Gasteiger partial charge in [0.05, 0.1) is 6.67 Å². The Kier molecular flexibility index (Phi) is 7.54. The van der Waals surface area contributed by atoms with Crippen LogP contribution in [0.3, 0.4) is 0 Å². The standard InChI is InChI=1S/C21H30N2.C2H6/c1-14-9-16(3)20(17(4)10-14)22(7)13-23(8)21-18(5)11-15(2)12-19(21)6;1-2/h9-12H,13H2,1-8H3;1-2H3. The Hall–Kier alpha value is -1.96. The summed E-state index contributed by atoms with van der Waals surface area (Å²) in [5.74, 6) is 0. The topological polar surface area (TPSA) is 6.48 Å². The molecule has 0 saturated carbocycles. The maximum atomic E-state index is 2.35. The van der Waals surface area contributed by atoms with Crippen molar-refractivity contribution in [3.63, 3.8) is 0 Å². The minimum Gasteiger partial charge on any atom is -0.356 e. The summed E-state index contributed by atoms with van der Waals surface area (Å²) in [6.45, 7) is 18.0. The number of hydrogen-bond donors (Lipinski definition) is 0. The van der Waals surface area contributed by atoms with Crippen LogP contribution in [0.2, 0.25) is 0 Å². The summed E-state index contributed by atoms with van der Waals surface area (Å²) in [4.78, 5) is 4.70. The smallest absolute Gasteiger partial charge is 0.0897 e. The van der Waals surface area contributed by atoms with E-state index in [9.17, 15) is 0 Å². The Balaban J connectivity index is 0.00000151. The monoisotopic (exact) mass is 340 g/mol. The van der Waals surface area contributed by atoms with Crippen LogP contribution in [0.1, 0.15) is 47.2 Å². The molecule has 0 aliphatic carbocycles. The van der Waals surface area contributed by atoms with Crippen LogP contribution in [0.25, 0.3) is 0 Å². The molecule has 0 heterocycles. The predicted octanol–water partition coefficient (Wildman–Crippen LogP) is 6.09. The van der Waals surface area contributed by atoms with E-state index in [0.717, 1.165) is 6.67 Å². The van der Waals surface area contributed by atoms with Crippen LogP contribution in [0.15, 0.2) is 24.3 Å².